The Kier molecular flexibility index (Phi) is 4.48. The number of aromatic nitrogens is 1. The Morgan fingerprint density at radius 1 is 1.57 bits per heavy atom. The molecule has 0 aliphatic rings. The second kappa shape index (κ2) is 5.97. The van der Waals surface area contributed by atoms with Crippen molar-refractivity contribution in [2.75, 3.05) is 19.8 Å². The van der Waals surface area contributed by atoms with Crippen LogP contribution in [-0.2, 0) is 0 Å². The molecule has 0 aromatic carbocycles. The van der Waals surface area contributed by atoms with E-state index >= 15 is 0 Å². The summed E-state index contributed by atoms with van der Waals surface area (Å²) in [6.45, 7) is 0.475. The minimum absolute atomic E-state index is 0.0413. The van der Waals surface area contributed by atoms with Crippen molar-refractivity contribution in [3.05, 3.63) is 23.9 Å². The van der Waals surface area contributed by atoms with Crippen molar-refractivity contribution in [2.24, 2.45) is 5.73 Å². The molecule has 1 aromatic heterocycles. The third-order valence-electron chi connectivity index (χ3n) is 1.43. The zero-order chi connectivity index (χ0) is 10.2. The average molecular weight is 192 g/mol. The molecule has 4 heteroatoms. The molecule has 3 N–H and O–H groups in total. The van der Waals surface area contributed by atoms with Crippen molar-refractivity contribution < 1.29 is 9.84 Å². The molecule has 1 aromatic rings. The SMILES string of the molecule is NCC#Cc1cccnc1OCCO. The number of nitrogens with zero attached hydrogens (tertiary/aromatic N) is 1. The molecule has 0 bridgehead atoms. The van der Waals surface area contributed by atoms with Gasteiger partial charge in [-0.1, -0.05) is 11.8 Å². The topological polar surface area (TPSA) is 68.4 Å². The van der Waals surface area contributed by atoms with E-state index in [0.29, 0.717) is 18.0 Å². The summed E-state index contributed by atoms with van der Waals surface area (Å²) in [7, 11) is 0. The Balaban J connectivity index is 2.80. The molecular formula is C10H12N2O2. The minimum Gasteiger partial charge on any atom is -0.474 e. The molecule has 0 spiro atoms. The summed E-state index contributed by atoms with van der Waals surface area (Å²) in [6, 6.07) is 3.56. The first-order valence-electron chi connectivity index (χ1n) is 4.26. The fourth-order valence-corrected chi connectivity index (χ4v) is 0.890. The van der Waals surface area contributed by atoms with Crippen LogP contribution in [0.1, 0.15) is 5.56 Å². The van der Waals surface area contributed by atoms with Crippen LogP contribution in [-0.4, -0.2) is 29.8 Å². The number of nitrogens with two attached hydrogens (primary N) is 1. The van der Waals surface area contributed by atoms with Crippen molar-refractivity contribution in [1.29, 1.82) is 0 Å². The van der Waals surface area contributed by atoms with Gasteiger partial charge >= 0.3 is 0 Å². The molecule has 4 nitrogen and oxygen atoms in total. The molecule has 0 unspecified atom stereocenters. The first-order valence-corrected chi connectivity index (χ1v) is 4.26. The number of ether oxygens (including phenoxy) is 1. The van der Waals surface area contributed by atoms with E-state index in [1.165, 1.54) is 0 Å². The van der Waals surface area contributed by atoms with Gasteiger partial charge in [0.25, 0.3) is 0 Å². The minimum atomic E-state index is -0.0413. The highest BCUT2D eigenvalue weighted by atomic mass is 16.5. The van der Waals surface area contributed by atoms with Gasteiger partial charge in [-0.2, -0.15) is 0 Å². The van der Waals surface area contributed by atoms with E-state index in [1.54, 1.807) is 18.3 Å². The summed E-state index contributed by atoms with van der Waals surface area (Å²) in [6.07, 6.45) is 1.61. The number of aliphatic hydroxyl groups is 1. The highest BCUT2D eigenvalue weighted by Gasteiger charge is 2.00. The zero-order valence-corrected chi connectivity index (χ0v) is 7.73. The van der Waals surface area contributed by atoms with Gasteiger partial charge in [0, 0.05) is 6.20 Å². The lowest BCUT2D eigenvalue weighted by Crippen LogP contribution is -2.04. The van der Waals surface area contributed by atoms with Crippen molar-refractivity contribution in [2.45, 2.75) is 0 Å². The van der Waals surface area contributed by atoms with Gasteiger partial charge in [0.1, 0.15) is 6.61 Å². The fourth-order valence-electron chi connectivity index (χ4n) is 0.890. The molecule has 0 aliphatic heterocycles. The van der Waals surface area contributed by atoms with Crippen LogP contribution < -0.4 is 10.5 Å². The Labute approximate surface area is 82.7 Å². The number of hydrogen-bond donors (Lipinski definition) is 2. The highest BCUT2D eigenvalue weighted by Crippen LogP contribution is 2.11. The van der Waals surface area contributed by atoms with Crippen molar-refractivity contribution in [3.63, 3.8) is 0 Å². The number of rotatable bonds is 3. The monoisotopic (exact) mass is 192 g/mol. The lowest BCUT2D eigenvalue weighted by molar-refractivity contribution is 0.196. The van der Waals surface area contributed by atoms with Crippen LogP contribution in [0, 0.1) is 11.8 Å². The molecule has 0 fully saturated rings. The molecule has 0 saturated heterocycles. The maximum absolute atomic E-state index is 8.59. The maximum Gasteiger partial charge on any atom is 0.229 e. The predicted molar refractivity (Wildman–Crippen MR) is 52.8 cm³/mol. The summed E-state index contributed by atoms with van der Waals surface area (Å²) in [5.41, 5.74) is 5.94. The molecule has 0 saturated carbocycles. The lowest BCUT2D eigenvalue weighted by atomic mass is 10.3. The van der Waals surface area contributed by atoms with Gasteiger partial charge < -0.3 is 15.6 Å². The lowest BCUT2D eigenvalue weighted by Gasteiger charge is -2.03. The Bertz CT molecular complexity index is 341. The van der Waals surface area contributed by atoms with Gasteiger partial charge in [0.2, 0.25) is 5.88 Å². The third-order valence-corrected chi connectivity index (χ3v) is 1.43. The second-order valence-corrected chi connectivity index (χ2v) is 2.43. The van der Waals surface area contributed by atoms with Crippen molar-refractivity contribution in [3.8, 4) is 17.7 Å². The molecule has 14 heavy (non-hydrogen) atoms. The molecule has 0 radical (unpaired) electrons. The zero-order valence-electron chi connectivity index (χ0n) is 7.73. The molecule has 0 aliphatic carbocycles. The Morgan fingerprint density at radius 2 is 2.43 bits per heavy atom. The normalized spacial score (nSPS) is 9.00. The summed E-state index contributed by atoms with van der Waals surface area (Å²) in [5, 5.41) is 8.59. The van der Waals surface area contributed by atoms with E-state index in [-0.39, 0.29) is 13.2 Å². The second-order valence-electron chi connectivity index (χ2n) is 2.43. The van der Waals surface area contributed by atoms with Gasteiger partial charge in [-0.25, -0.2) is 4.98 Å². The molecule has 1 rings (SSSR count). The van der Waals surface area contributed by atoms with E-state index < -0.39 is 0 Å². The first kappa shape index (κ1) is 10.5. The van der Waals surface area contributed by atoms with Gasteiger partial charge in [0.05, 0.1) is 18.7 Å². The summed E-state index contributed by atoms with van der Waals surface area (Å²) in [4.78, 5) is 3.99. The highest BCUT2D eigenvalue weighted by molar-refractivity contribution is 5.41. The smallest absolute Gasteiger partial charge is 0.229 e. The van der Waals surface area contributed by atoms with Crippen LogP contribution in [0.5, 0.6) is 5.88 Å². The van der Waals surface area contributed by atoms with E-state index in [0.717, 1.165) is 0 Å². The standard InChI is InChI=1S/C10H12N2O2/c11-5-1-3-9-4-2-6-12-10(9)14-8-7-13/h2,4,6,13H,5,7-8,11H2. The summed E-state index contributed by atoms with van der Waals surface area (Å²) < 4.78 is 5.18. The molecule has 0 atom stereocenters. The fraction of sp³-hybridized carbons (Fsp3) is 0.300. The molecule has 74 valence electrons. The van der Waals surface area contributed by atoms with Gasteiger partial charge in [0.15, 0.2) is 0 Å². The summed E-state index contributed by atoms with van der Waals surface area (Å²) >= 11 is 0. The first-order chi connectivity index (χ1) is 6.88. The van der Waals surface area contributed by atoms with E-state index in [1.807, 2.05) is 0 Å². The number of aliphatic hydroxyl groups excluding tert-OH is 1. The maximum atomic E-state index is 8.59. The quantitative estimate of drug-likeness (QED) is 0.649. The van der Waals surface area contributed by atoms with Crippen molar-refractivity contribution in [1.82, 2.24) is 4.98 Å². The van der Waals surface area contributed by atoms with Crippen LogP contribution in [0.15, 0.2) is 18.3 Å². The molecule has 1 heterocycles. The van der Waals surface area contributed by atoms with E-state index in [4.69, 9.17) is 15.6 Å². The Hall–Kier alpha value is -1.57. The van der Waals surface area contributed by atoms with Crippen LogP contribution in [0.25, 0.3) is 0 Å². The summed E-state index contributed by atoms with van der Waals surface area (Å²) in [5.74, 6) is 5.99. The number of pyridine rings is 1. The van der Waals surface area contributed by atoms with Gasteiger partial charge in [-0.05, 0) is 12.1 Å². The van der Waals surface area contributed by atoms with Crippen molar-refractivity contribution >= 4 is 0 Å². The van der Waals surface area contributed by atoms with E-state index in [9.17, 15) is 0 Å². The van der Waals surface area contributed by atoms with E-state index in [2.05, 4.69) is 16.8 Å². The third kappa shape index (κ3) is 3.05. The largest absolute Gasteiger partial charge is 0.474 e. The van der Waals surface area contributed by atoms with Gasteiger partial charge in [-0.3, -0.25) is 0 Å². The van der Waals surface area contributed by atoms with Crippen LogP contribution in [0.3, 0.4) is 0 Å². The number of hydrogen-bond acceptors (Lipinski definition) is 4. The molecular weight excluding hydrogens is 180 g/mol. The molecule has 0 amide bonds. The van der Waals surface area contributed by atoms with Crippen LogP contribution >= 0.6 is 0 Å². The average Bonchev–Trinajstić information content (AvgIpc) is 2.24. The van der Waals surface area contributed by atoms with Gasteiger partial charge in [-0.15, -0.1) is 0 Å². The van der Waals surface area contributed by atoms with Crippen LogP contribution in [0.4, 0.5) is 0 Å². The Morgan fingerprint density at radius 3 is 3.14 bits per heavy atom. The predicted octanol–water partition coefficient (Wildman–Crippen LogP) is -0.237. The van der Waals surface area contributed by atoms with Crippen LogP contribution in [0.2, 0.25) is 0 Å².